The molecular weight excluding hydrogens is 308 g/mol. The quantitative estimate of drug-likeness (QED) is 0.934. The number of carbonyl (C=O) groups excluding carboxylic acids is 1. The van der Waals surface area contributed by atoms with E-state index in [9.17, 15) is 4.79 Å². The van der Waals surface area contributed by atoms with Crippen LogP contribution >= 0.6 is 11.6 Å². The summed E-state index contributed by atoms with van der Waals surface area (Å²) in [5, 5.41) is 11.3. The second-order valence-corrected chi connectivity index (χ2v) is 5.20. The predicted octanol–water partition coefficient (Wildman–Crippen LogP) is 1.93. The number of hydrogen-bond donors (Lipinski definition) is 1. The smallest absolute Gasteiger partial charge is 0.317 e. The minimum absolute atomic E-state index is 0.158. The second kappa shape index (κ2) is 6.76. The van der Waals surface area contributed by atoms with E-state index in [-0.39, 0.29) is 12.6 Å². The molecule has 0 bridgehead atoms. The molecule has 8 heteroatoms. The van der Waals surface area contributed by atoms with Crippen molar-refractivity contribution >= 4 is 17.6 Å². The molecular formula is C14H15ClN4O3. The summed E-state index contributed by atoms with van der Waals surface area (Å²) in [4.78, 5) is 13.6. The molecule has 1 aromatic heterocycles. The summed E-state index contributed by atoms with van der Waals surface area (Å²) in [6.07, 6.45) is 0. The van der Waals surface area contributed by atoms with Gasteiger partial charge in [0, 0.05) is 23.7 Å². The van der Waals surface area contributed by atoms with Gasteiger partial charge in [0.05, 0.1) is 19.8 Å². The Balaban J connectivity index is 1.57. The molecule has 2 aromatic rings. The highest BCUT2D eigenvalue weighted by Gasteiger charge is 2.17. The molecule has 1 aliphatic rings. The number of benzene rings is 1. The van der Waals surface area contributed by atoms with E-state index in [1.165, 1.54) is 0 Å². The van der Waals surface area contributed by atoms with Crippen molar-refractivity contribution in [1.82, 2.24) is 20.4 Å². The minimum atomic E-state index is -0.158. The van der Waals surface area contributed by atoms with Crippen molar-refractivity contribution in [3.05, 3.63) is 35.2 Å². The van der Waals surface area contributed by atoms with Crippen LogP contribution in [0, 0.1) is 0 Å². The zero-order chi connectivity index (χ0) is 15.4. The fourth-order valence-electron chi connectivity index (χ4n) is 2.06. The van der Waals surface area contributed by atoms with Crippen LogP contribution in [0.1, 0.15) is 5.89 Å². The van der Waals surface area contributed by atoms with E-state index in [2.05, 4.69) is 15.5 Å². The normalized spacial score (nSPS) is 14.9. The maximum Gasteiger partial charge on any atom is 0.317 e. The van der Waals surface area contributed by atoms with E-state index in [0.717, 1.165) is 5.56 Å². The second-order valence-electron chi connectivity index (χ2n) is 4.77. The summed E-state index contributed by atoms with van der Waals surface area (Å²) in [6, 6.07) is 6.94. The van der Waals surface area contributed by atoms with E-state index in [1.54, 1.807) is 29.2 Å². The number of aromatic nitrogens is 2. The van der Waals surface area contributed by atoms with Gasteiger partial charge in [-0.25, -0.2) is 4.79 Å². The molecule has 0 aliphatic carbocycles. The van der Waals surface area contributed by atoms with Crippen LogP contribution in [0.25, 0.3) is 11.5 Å². The van der Waals surface area contributed by atoms with Gasteiger partial charge in [-0.05, 0) is 24.3 Å². The number of rotatable bonds is 3. The van der Waals surface area contributed by atoms with Crippen LogP contribution < -0.4 is 5.32 Å². The summed E-state index contributed by atoms with van der Waals surface area (Å²) in [6.45, 7) is 2.50. The van der Waals surface area contributed by atoms with E-state index in [0.29, 0.717) is 43.1 Å². The number of amides is 2. The molecule has 1 fully saturated rings. The highest BCUT2D eigenvalue weighted by atomic mass is 35.5. The third-order valence-electron chi connectivity index (χ3n) is 3.25. The third kappa shape index (κ3) is 3.55. The van der Waals surface area contributed by atoms with Crippen LogP contribution in [0.3, 0.4) is 0 Å². The van der Waals surface area contributed by atoms with Gasteiger partial charge in [0.1, 0.15) is 0 Å². The van der Waals surface area contributed by atoms with Crippen molar-refractivity contribution in [2.24, 2.45) is 0 Å². The van der Waals surface area contributed by atoms with Crippen LogP contribution in [0.2, 0.25) is 5.02 Å². The molecule has 22 heavy (non-hydrogen) atoms. The maximum atomic E-state index is 11.9. The van der Waals surface area contributed by atoms with E-state index >= 15 is 0 Å². The van der Waals surface area contributed by atoms with Crippen molar-refractivity contribution < 1.29 is 13.9 Å². The van der Waals surface area contributed by atoms with Crippen molar-refractivity contribution in [3.8, 4) is 11.5 Å². The van der Waals surface area contributed by atoms with Gasteiger partial charge in [0.25, 0.3) is 0 Å². The predicted molar refractivity (Wildman–Crippen MR) is 79.4 cm³/mol. The summed E-state index contributed by atoms with van der Waals surface area (Å²) < 4.78 is 10.7. The molecule has 1 aliphatic heterocycles. The maximum absolute atomic E-state index is 11.9. The van der Waals surface area contributed by atoms with Crippen molar-refractivity contribution in [1.29, 1.82) is 0 Å². The molecule has 0 atom stereocenters. The zero-order valence-corrected chi connectivity index (χ0v) is 12.5. The largest absolute Gasteiger partial charge is 0.419 e. The highest BCUT2D eigenvalue weighted by molar-refractivity contribution is 6.30. The van der Waals surface area contributed by atoms with E-state index in [4.69, 9.17) is 20.8 Å². The Hall–Kier alpha value is -2.12. The zero-order valence-electron chi connectivity index (χ0n) is 11.8. The van der Waals surface area contributed by atoms with Crippen LogP contribution in [0.4, 0.5) is 4.79 Å². The lowest BCUT2D eigenvalue weighted by atomic mass is 10.2. The summed E-state index contributed by atoms with van der Waals surface area (Å²) in [5.41, 5.74) is 0.780. The average molecular weight is 323 g/mol. The lowest BCUT2D eigenvalue weighted by Gasteiger charge is -2.26. The molecule has 1 aromatic carbocycles. The number of ether oxygens (including phenoxy) is 1. The summed E-state index contributed by atoms with van der Waals surface area (Å²) >= 11 is 5.84. The van der Waals surface area contributed by atoms with Gasteiger partial charge in [-0.1, -0.05) is 11.6 Å². The number of halogens is 1. The molecule has 1 saturated heterocycles. The van der Waals surface area contributed by atoms with Crippen LogP contribution in [-0.2, 0) is 11.3 Å². The number of hydrogen-bond acceptors (Lipinski definition) is 5. The Morgan fingerprint density at radius 3 is 2.68 bits per heavy atom. The molecule has 2 heterocycles. The number of nitrogens with zero attached hydrogens (tertiary/aromatic N) is 3. The fourth-order valence-corrected chi connectivity index (χ4v) is 2.19. The first-order valence-electron chi connectivity index (χ1n) is 6.91. The molecule has 7 nitrogen and oxygen atoms in total. The number of carbonyl (C=O) groups is 1. The molecule has 3 rings (SSSR count). The fraction of sp³-hybridized carbons (Fsp3) is 0.357. The Bertz CT molecular complexity index is 638. The van der Waals surface area contributed by atoms with Crippen molar-refractivity contribution in [3.63, 3.8) is 0 Å². The minimum Gasteiger partial charge on any atom is -0.419 e. The highest BCUT2D eigenvalue weighted by Crippen LogP contribution is 2.20. The van der Waals surface area contributed by atoms with Gasteiger partial charge < -0.3 is 19.4 Å². The Morgan fingerprint density at radius 1 is 1.23 bits per heavy atom. The van der Waals surface area contributed by atoms with Crippen LogP contribution in [0.5, 0.6) is 0 Å². The first kappa shape index (κ1) is 14.8. The molecule has 0 unspecified atom stereocenters. The van der Waals surface area contributed by atoms with Gasteiger partial charge in [-0.15, -0.1) is 10.2 Å². The van der Waals surface area contributed by atoms with Gasteiger partial charge in [0.2, 0.25) is 11.8 Å². The standard InChI is InChI=1S/C14H15ClN4O3/c15-11-3-1-10(2-4-11)13-18-17-12(22-13)9-16-14(20)19-5-7-21-8-6-19/h1-4H,5-9H2,(H,16,20). The van der Waals surface area contributed by atoms with Crippen molar-refractivity contribution in [2.75, 3.05) is 26.3 Å². The third-order valence-corrected chi connectivity index (χ3v) is 3.50. The summed E-state index contributed by atoms with van der Waals surface area (Å²) in [5.74, 6) is 0.749. The van der Waals surface area contributed by atoms with Crippen LogP contribution in [-0.4, -0.2) is 47.4 Å². The first-order valence-corrected chi connectivity index (χ1v) is 7.29. The lowest BCUT2D eigenvalue weighted by molar-refractivity contribution is 0.0530. The van der Waals surface area contributed by atoms with Crippen LogP contribution in [0.15, 0.2) is 28.7 Å². The van der Waals surface area contributed by atoms with Gasteiger partial charge in [-0.3, -0.25) is 0 Å². The van der Waals surface area contributed by atoms with Gasteiger partial charge >= 0.3 is 6.03 Å². The first-order chi connectivity index (χ1) is 10.7. The molecule has 0 spiro atoms. The Kier molecular flexibility index (Phi) is 4.55. The lowest BCUT2D eigenvalue weighted by Crippen LogP contribution is -2.45. The van der Waals surface area contributed by atoms with E-state index in [1.807, 2.05) is 0 Å². The molecule has 1 N–H and O–H groups in total. The Morgan fingerprint density at radius 2 is 1.95 bits per heavy atom. The van der Waals surface area contributed by atoms with Gasteiger partial charge in [0.15, 0.2) is 0 Å². The molecule has 116 valence electrons. The molecule has 0 radical (unpaired) electrons. The van der Waals surface area contributed by atoms with Gasteiger partial charge in [-0.2, -0.15) is 0 Å². The SMILES string of the molecule is O=C(NCc1nnc(-c2ccc(Cl)cc2)o1)N1CCOCC1. The van der Waals surface area contributed by atoms with E-state index < -0.39 is 0 Å². The molecule has 0 saturated carbocycles. The van der Waals surface area contributed by atoms with Crippen molar-refractivity contribution in [2.45, 2.75) is 6.54 Å². The number of morpholine rings is 1. The summed E-state index contributed by atoms with van der Waals surface area (Å²) in [7, 11) is 0. The number of urea groups is 1. The molecule has 2 amide bonds. The topological polar surface area (TPSA) is 80.5 Å². The monoisotopic (exact) mass is 322 g/mol. The average Bonchev–Trinajstić information content (AvgIpc) is 3.03. The number of nitrogens with one attached hydrogen (secondary N) is 1. The Labute approximate surface area is 132 Å².